The zero-order valence-electron chi connectivity index (χ0n) is 17.7. The van der Waals surface area contributed by atoms with Crippen LogP contribution in [0, 0.1) is 0 Å². The number of anilines is 1. The molecule has 0 saturated carbocycles. The van der Waals surface area contributed by atoms with Crippen molar-refractivity contribution in [3.63, 3.8) is 0 Å². The van der Waals surface area contributed by atoms with Crippen molar-refractivity contribution in [2.24, 2.45) is 5.73 Å². The summed E-state index contributed by atoms with van der Waals surface area (Å²) in [5.41, 5.74) is 8.91. The minimum absolute atomic E-state index is 0.135. The number of rotatable bonds is 5. The highest BCUT2D eigenvalue weighted by Gasteiger charge is 2.42. The smallest absolute Gasteiger partial charge is 0.189 e. The molecule has 1 fully saturated rings. The van der Waals surface area contributed by atoms with E-state index in [9.17, 15) is 0 Å². The summed E-state index contributed by atoms with van der Waals surface area (Å²) in [7, 11) is 0. The maximum atomic E-state index is 6.24. The highest BCUT2D eigenvalue weighted by molar-refractivity contribution is 7.78. The van der Waals surface area contributed by atoms with Crippen molar-refractivity contribution in [2.45, 2.75) is 44.0 Å². The van der Waals surface area contributed by atoms with Gasteiger partial charge in [0.1, 0.15) is 12.3 Å². The van der Waals surface area contributed by atoms with E-state index in [0.717, 1.165) is 35.1 Å². The number of ether oxygens (including phenoxy) is 2. The molecule has 2 atom stereocenters. The van der Waals surface area contributed by atoms with Crippen LogP contribution >= 0.6 is 0 Å². The first-order valence-electron chi connectivity index (χ1n) is 10.3. The Morgan fingerprint density at radius 3 is 2.62 bits per heavy atom. The van der Waals surface area contributed by atoms with Crippen molar-refractivity contribution >= 4 is 17.6 Å². The molecule has 6 nitrogen and oxygen atoms in total. The summed E-state index contributed by atoms with van der Waals surface area (Å²) in [4.78, 5) is 12.4. The van der Waals surface area contributed by atoms with E-state index < -0.39 is 0 Å². The van der Waals surface area contributed by atoms with Gasteiger partial charge in [-0.2, -0.15) is 0 Å². The fourth-order valence-electron chi connectivity index (χ4n) is 3.97. The minimum Gasteiger partial charge on any atom is -0.485 e. The van der Waals surface area contributed by atoms with Crippen LogP contribution in [0.25, 0.3) is 11.4 Å². The Bertz CT molecular complexity index is 872. The van der Waals surface area contributed by atoms with E-state index in [1.54, 1.807) is 0 Å². The lowest BCUT2D eigenvalue weighted by atomic mass is 10.0. The lowest BCUT2D eigenvalue weighted by Gasteiger charge is -2.45. The summed E-state index contributed by atoms with van der Waals surface area (Å²) in [5, 5.41) is 0. The molecular formula is C22H31N4O2S+. The van der Waals surface area contributed by atoms with Gasteiger partial charge >= 0.3 is 0 Å². The SMILES string of the molecule is C[SH+]C(C)(C)c1nc(-c2ccc(CCN)cc2)nc2c1OCC1COC[C@@H](C)N21. The molecule has 1 unspecified atom stereocenters. The lowest BCUT2D eigenvalue weighted by Crippen LogP contribution is -2.56. The second-order valence-electron chi connectivity index (χ2n) is 8.33. The van der Waals surface area contributed by atoms with E-state index in [4.69, 9.17) is 25.2 Å². The Morgan fingerprint density at radius 1 is 1.17 bits per heavy atom. The van der Waals surface area contributed by atoms with Crippen LogP contribution in [0.1, 0.15) is 32.0 Å². The molecule has 2 aliphatic rings. The van der Waals surface area contributed by atoms with Crippen LogP contribution in [0.5, 0.6) is 5.75 Å². The van der Waals surface area contributed by atoms with E-state index in [1.807, 2.05) is 0 Å². The van der Waals surface area contributed by atoms with Crippen LogP contribution in [0.3, 0.4) is 0 Å². The molecule has 29 heavy (non-hydrogen) atoms. The molecular weight excluding hydrogens is 384 g/mol. The van der Waals surface area contributed by atoms with Gasteiger partial charge in [0.05, 0.1) is 31.6 Å². The van der Waals surface area contributed by atoms with Crippen LogP contribution in [0.15, 0.2) is 24.3 Å². The van der Waals surface area contributed by atoms with Crippen LogP contribution in [0.2, 0.25) is 0 Å². The molecule has 7 heteroatoms. The second kappa shape index (κ2) is 8.13. The Labute approximate surface area is 177 Å². The van der Waals surface area contributed by atoms with Crippen LogP contribution < -0.4 is 15.4 Å². The molecule has 1 aromatic carbocycles. The Morgan fingerprint density at radius 2 is 1.93 bits per heavy atom. The molecule has 0 amide bonds. The van der Waals surface area contributed by atoms with E-state index in [2.05, 4.69) is 56.2 Å². The van der Waals surface area contributed by atoms with Crippen LogP contribution in [0.4, 0.5) is 5.82 Å². The van der Waals surface area contributed by atoms with E-state index in [-0.39, 0.29) is 16.8 Å². The third kappa shape index (κ3) is 3.83. The first-order chi connectivity index (χ1) is 13.9. The maximum absolute atomic E-state index is 6.24. The molecule has 1 aromatic heterocycles. The fourth-order valence-corrected chi connectivity index (χ4v) is 4.33. The third-order valence-electron chi connectivity index (χ3n) is 5.83. The molecule has 2 N–H and O–H groups in total. The predicted molar refractivity (Wildman–Crippen MR) is 120 cm³/mol. The highest BCUT2D eigenvalue weighted by Crippen LogP contribution is 2.43. The van der Waals surface area contributed by atoms with Crippen molar-refractivity contribution < 1.29 is 9.47 Å². The predicted octanol–water partition coefficient (Wildman–Crippen LogP) is 2.31. The molecule has 156 valence electrons. The normalized spacial score (nSPS) is 21.3. The quantitative estimate of drug-likeness (QED) is 0.597. The van der Waals surface area contributed by atoms with Gasteiger partial charge < -0.3 is 20.1 Å². The Balaban J connectivity index is 1.85. The number of morpholine rings is 1. The molecule has 0 aliphatic carbocycles. The van der Waals surface area contributed by atoms with Gasteiger partial charge in [0, 0.05) is 5.56 Å². The number of aromatic nitrogens is 2. The van der Waals surface area contributed by atoms with E-state index in [1.165, 1.54) is 17.3 Å². The van der Waals surface area contributed by atoms with Crippen molar-refractivity contribution in [3.05, 3.63) is 35.5 Å². The largest absolute Gasteiger partial charge is 0.485 e. The van der Waals surface area contributed by atoms with Gasteiger partial charge in [-0.05, 0) is 51.1 Å². The number of thiol groups is 1. The van der Waals surface area contributed by atoms with Gasteiger partial charge in [-0.25, -0.2) is 9.97 Å². The molecule has 4 rings (SSSR count). The van der Waals surface area contributed by atoms with Gasteiger partial charge in [0.15, 0.2) is 22.1 Å². The molecule has 0 spiro atoms. The number of benzene rings is 1. The summed E-state index contributed by atoms with van der Waals surface area (Å²) in [6.07, 6.45) is 3.04. The fraction of sp³-hybridized carbons (Fsp3) is 0.545. The van der Waals surface area contributed by atoms with Gasteiger partial charge in [-0.3, -0.25) is 0 Å². The summed E-state index contributed by atoms with van der Waals surface area (Å²) in [6, 6.07) is 8.86. The number of fused-ring (bicyclic) bond motifs is 3. The number of hydrogen-bond acceptors (Lipinski definition) is 6. The summed E-state index contributed by atoms with van der Waals surface area (Å²) in [5.74, 6) is 2.48. The monoisotopic (exact) mass is 415 g/mol. The average molecular weight is 416 g/mol. The van der Waals surface area contributed by atoms with Crippen molar-refractivity contribution in [1.82, 2.24) is 9.97 Å². The van der Waals surface area contributed by atoms with Gasteiger partial charge in [-0.1, -0.05) is 24.3 Å². The van der Waals surface area contributed by atoms with Crippen LogP contribution in [-0.4, -0.2) is 54.7 Å². The zero-order valence-corrected chi connectivity index (χ0v) is 18.6. The maximum Gasteiger partial charge on any atom is 0.189 e. The Hall–Kier alpha value is -1.83. The molecule has 2 aliphatic heterocycles. The summed E-state index contributed by atoms with van der Waals surface area (Å²) < 4.78 is 11.9. The zero-order chi connectivity index (χ0) is 20.6. The first kappa shape index (κ1) is 20.4. The second-order valence-corrected chi connectivity index (χ2v) is 9.89. The van der Waals surface area contributed by atoms with Crippen LogP contribution in [-0.2, 0) is 27.7 Å². The van der Waals surface area contributed by atoms with Crippen molar-refractivity contribution in [1.29, 1.82) is 0 Å². The molecule has 3 heterocycles. The Kier molecular flexibility index (Phi) is 5.73. The van der Waals surface area contributed by atoms with Gasteiger partial charge in [0.25, 0.3) is 0 Å². The number of nitrogens with two attached hydrogens (primary N) is 1. The van der Waals surface area contributed by atoms with E-state index >= 15 is 0 Å². The number of nitrogens with zero attached hydrogens (tertiary/aromatic N) is 3. The third-order valence-corrected chi connectivity index (χ3v) is 7.16. The van der Waals surface area contributed by atoms with Gasteiger partial charge in [0.2, 0.25) is 0 Å². The molecule has 1 saturated heterocycles. The van der Waals surface area contributed by atoms with Crippen molar-refractivity contribution in [2.75, 3.05) is 37.5 Å². The summed E-state index contributed by atoms with van der Waals surface area (Å²) >= 11 is 1.24. The topological polar surface area (TPSA) is 73.5 Å². The number of hydrogen-bond donors (Lipinski definition) is 1. The molecule has 0 radical (unpaired) electrons. The first-order valence-corrected chi connectivity index (χ1v) is 11.6. The average Bonchev–Trinajstić information content (AvgIpc) is 2.73. The van der Waals surface area contributed by atoms with E-state index in [0.29, 0.717) is 26.4 Å². The minimum atomic E-state index is -0.135. The molecule has 2 aromatic rings. The highest BCUT2D eigenvalue weighted by atomic mass is 32.2. The summed E-state index contributed by atoms with van der Waals surface area (Å²) in [6.45, 7) is 9.24. The van der Waals surface area contributed by atoms with Gasteiger partial charge in [-0.15, -0.1) is 0 Å². The lowest BCUT2D eigenvalue weighted by molar-refractivity contribution is 0.0482. The van der Waals surface area contributed by atoms with Crippen molar-refractivity contribution in [3.8, 4) is 17.1 Å². The molecule has 0 bridgehead atoms. The standard InChI is InChI=1S/C22H30N4O2S/c1-14-11-27-12-17-13-28-18-19(22(2,3)29-4)24-20(25-21(18)26(14)17)16-7-5-15(6-8-16)9-10-23/h5-8,14,17H,9-13,23H2,1-4H3/p+1/t14-,17?/m1/s1.